The number of halogens is 1. The van der Waals surface area contributed by atoms with Gasteiger partial charge < -0.3 is 10.1 Å². The van der Waals surface area contributed by atoms with Crippen LogP contribution >= 0.6 is 11.3 Å². The largest absolute Gasteiger partial charge is 0.488 e. The van der Waals surface area contributed by atoms with E-state index < -0.39 is 27.8 Å². The first-order chi connectivity index (χ1) is 14.4. The van der Waals surface area contributed by atoms with Crippen LogP contribution in [0.4, 0.5) is 4.39 Å². The fourth-order valence-corrected chi connectivity index (χ4v) is 5.06. The number of likely N-dealkylation sites (N-methyl/N-ethyl adjacent to an activating group) is 1. The number of ether oxygens (including phenoxy) is 1. The predicted octanol–water partition coefficient (Wildman–Crippen LogP) is 3.44. The second-order valence-electron chi connectivity index (χ2n) is 6.47. The molecule has 6 nitrogen and oxygen atoms in total. The van der Waals surface area contributed by atoms with Crippen molar-refractivity contribution in [1.29, 1.82) is 0 Å². The minimum absolute atomic E-state index is 0.0158. The van der Waals surface area contributed by atoms with E-state index in [1.807, 2.05) is 30.3 Å². The topological polar surface area (TPSA) is 75.7 Å². The molecule has 1 heterocycles. The molecule has 0 aliphatic carbocycles. The summed E-state index contributed by atoms with van der Waals surface area (Å²) in [6.45, 7) is -0.374. The molecule has 3 rings (SSSR count). The van der Waals surface area contributed by atoms with E-state index in [4.69, 9.17) is 4.74 Å². The summed E-state index contributed by atoms with van der Waals surface area (Å²) in [5, 5.41) is 4.44. The Kier molecular flexibility index (Phi) is 7.20. The minimum Gasteiger partial charge on any atom is -0.488 e. The van der Waals surface area contributed by atoms with E-state index >= 15 is 0 Å². The van der Waals surface area contributed by atoms with Crippen molar-refractivity contribution in [3.8, 4) is 5.75 Å². The lowest BCUT2D eigenvalue weighted by Crippen LogP contribution is -2.41. The molecule has 1 aromatic heterocycles. The molecule has 1 N–H and O–H groups in total. The standard InChI is InChI=1S/C21H21FN2O4S2/c1-24(30(26,27)21-12-7-13-29-21)14-20(25)23-18(16-8-3-2-4-9-16)15-28-19-11-6-5-10-17(19)22/h2-13,18H,14-15H2,1H3,(H,23,25). The monoisotopic (exact) mass is 448 g/mol. The van der Waals surface area contributed by atoms with E-state index in [2.05, 4.69) is 5.32 Å². The first-order valence-corrected chi connectivity index (χ1v) is 11.4. The fraction of sp³-hybridized carbons (Fsp3) is 0.190. The summed E-state index contributed by atoms with van der Waals surface area (Å²) in [6.07, 6.45) is 0. The summed E-state index contributed by atoms with van der Waals surface area (Å²) < 4.78 is 45.6. The van der Waals surface area contributed by atoms with Gasteiger partial charge in [-0.15, -0.1) is 11.3 Å². The second kappa shape index (κ2) is 9.84. The maximum absolute atomic E-state index is 13.9. The van der Waals surface area contributed by atoms with Crippen molar-refractivity contribution in [2.45, 2.75) is 10.3 Å². The van der Waals surface area contributed by atoms with Crippen molar-refractivity contribution in [3.63, 3.8) is 0 Å². The van der Waals surface area contributed by atoms with Crippen LogP contribution in [0.1, 0.15) is 11.6 Å². The molecule has 0 spiro atoms. The van der Waals surface area contributed by atoms with E-state index in [9.17, 15) is 17.6 Å². The fourth-order valence-electron chi connectivity index (χ4n) is 2.73. The van der Waals surface area contributed by atoms with Gasteiger partial charge >= 0.3 is 0 Å². The maximum Gasteiger partial charge on any atom is 0.252 e. The molecule has 0 aliphatic heterocycles. The Labute approximate surface area is 179 Å². The highest BCUT2D eigenvalue weighted by molar-refractivity contribution is 7.91. The van der Waals surface area contributed by atoms with Crippen LogP contribution in [-0.4, -0.2) is 38.8 Å². The zero-order valence-corrected chi connectivity index (χ0v) is 17.8. The van der Waals surface area contributed by atoms with Crippen LogP contribution in [0.15, 0.2) is 76.3 Å². The van der Waals surface area contributed by atoms with Crippen molar-refractivity contribution in [3.05, 3.63) is 83.5 Å². The number of nitrogens with one attached hydrogen (secondary N) is 1. The Morgan fingerprint density at radius 1 is 1.10 bits per heavy atom. The van der Waals surface area contributed by atoms with Crippen LogP contribution in [0.2, 0.25) is 0 Å². The Balaban J connectivity index is 1.69. The lowest BCUT2D eigenvalue weighted by molar-refractivity contribution is -0.122. The molecular formula is C21H21FN2O4S2. The first-order valence-electron chi connectivity index (χ1n) is 9.09. The highest BCUT2D eigenvalue weighted by Gasteiger charge is 2.25. The van der Waals surface area contributed by atoms with E-state index in [0.29, 0.717) is 0 Å². The molecule has 1 unspecified atom stereocenters. The maximum atomic E-state index is 13.9. The third-order valence-corrected chi connectivity index (χ3v) is 7.48. The summed E-state index contributed by atoms with van der Waals surface area (Å²) in [5.41, 5.74) is 0.756. The summed E-state index contributed by atoms with van der Waals surface area (Å²) >= 11 is 1.09. The lowest BCUT2D eigenvalue weighted by Gasteiger charge is -2.22. The summed E-state index contributed by atoms with van der Waals surface area (Å²) in [7, 11) is -2.39. The number of thiophene rings is 1. The van der Waals surface area contributed by atoms with Gasteiger partial charge in [-0.3, -0.25) is 4.79 Å². The Bertz CT molecular complexity index is 1070. The number of carbonyl (C=O) groups excluding carboxylic acids is 1. The summed E-state index contributed by atoms with van der Waals surface area (Å²) in [5.74, 6) is -0.925. The number of hydrogen-bond donors (Lipinski definition) is 1. The Hall–Kier alpha value is -2.75. The SMILES string of the molecule is CN(CC(=O)NC(COc1ccccc1F)c1ccccc1)S(=O)(=O)c1cccs1. The van der Waals surface area contributed by atoms with E-state index in [-0.39, 0.29) is 23.1 Å². The molecule has 30 heavy (non-hydrogen) atoms. The van der Waals surface area contributed by atoms with E-state index in [1.54, 1.807) is 23.6 Å². The van der Waals surface area contributed by atoms with Crippen molar-refractivity contribution in [2.24, 2.45) is 0 Å². The summed E-state index contributed by atoms with van der Waals surface area (Å²) in [4.78, 5) is 12.6. The molecule has 0 fully saturated rings. The molecule has 0 radical (unpaired) electrons. The van der Waals surface area contributed by atoms with Gasteiger partial charge in [-0.2, -0.15) is 4.31 Å². The number of rotatable bonds is 9. The van der Waals surface area contributed by atoms with Crippen LogP contribution in [0.3, 0.4) is 0 Å². The van der Waals surface area contributed by atoms with Gasteiger partial charge in [0.15, 0.2) is 11.6 Å². The molecule has 2 aromatic carbocycles. The van der Waals surface area contributed by atoms with E-state index in [0.717, 1.165) is 21.2 Å². The molecule has 158 valence electrons. The van der Waals surface area contributed by atoms with Gasteiger partial charge in [0.2, 0.25) is 5.91 Å². The third kappa shape index (κ3) is 5.44. The van der Waals surface area contributed by atoms with Crippen LogP contribution < -0.4 is 10.1 Å². The number of carbonyl (C=O) groups is 1. The number of benzene rings is 2. The average molecular weight is 449 g/mol. The zero-order valence-electron chi connectivity index (χ0n) is 16.2. The van der Waals surface area contributed by atoms with Crippen molar-refractivity contribution in [2.75, 3.05) is 20.2 Å². The minimum atomic E-state index is -3.74. The normalized spacial score (nSPS) is 12.5. The number of nitrogens with zero attached hydrogens (tertiary/aromatic N) is 1. The molecule has 3 aromatic rings. The Morgan fingerprint density at radius 3 is 2.47 bits per heavy atom. The van der Waals surface area contributed by atoms with Gasteiger partial charge in [-0.25, -0.2) is 12.8 Å². The van der Waals surface area contributed by atoms with E-state index in [1.165, 1.54) is 25.2 Å². The predicted molar refractivity (Wildman–Crippen MR) is 113 cm³/mol. The van der Waals surface area contributed by atoms with Crippen molar-refractivity contribution in [1.82, 2.24) is 9.62 Å². The Morgan fingerprint density at radius 2 is 1.80 bits per heavy atom. The van der Waals surface area contributed by atoms with Gasteiger partial charge in [-0.1, -0.05) is 48.5 Å². The number of sulfonamides is 1. The molecule has 0 bridgehead atoms. The molecule has 0 saturated carbocycles. The molecule has 9 heteroatoms. The number of para-hydroxylation sites is 1. The molecular weight excluding hydrogens is 427 g/mol. The second-order valence-corrected chi connectivity index (χ2v) is 9.68. The quantitative estimate of drug-likeness (QED) is 0.544. The van der Waals surface area contributed by atoms with Gasteiger partial charge in [-0.05, 0) is 29.1 Å². The molecule has 0 aliphatic rings. The lowest BCUT2D eigenvalue weighted by atomic mass is 10.1. The molecule has 1 amide bonds. The summed E-state index contributed by atoms with van der Waals surface area (Å²) in [6, 6.07) is 17.6. The van der Waals surface area contributed by atoms with Crippen LogP contribution in [0.25, 0.3) is 0 Å². The third-order valence-electron chi connectivity index (χ3n) is 4.31. The number of hydrogen-bond acceptors (Lipinski definition) is 5. The number of amides is 1. The van der Waals surface area contributed by atoms with Crippen molar-refractivity contribution >= 4 is 27.3 Å². The van der Waals surface area contributed by atoms with Crippen LogP contribution in [0, 0.1) is 5.82 Å². The smallest absolute Gasteiger partial charge is 0.252 e. The first kappa shape index (κ1) is 21.9. The highest BCUT2D eigenvalue weighted by Crippen LogP contribution is 2.21. The average Bonchev–Trinajstić information content (AvgIpc) is 3.28. The van der Waals surface area contributed by atoms with Crippen LogP contribution in [-0.2, 0) is 14.8 Å². The molecule has 1 atom stereocenters. The van der Waals surface area contributed by atoms with Gasteiger partial charge in [0.1, 0.15) is 10.8 Å². The molecule has 0 saturated heterocycles. The zero-order chi connectivity index (χ0) is 21.6. The van der Waals surface area contributed by atoms with Gasteiger partial charge in [0, 0.05) is 7.05 Å². The van der Waals surface area contributed by atoms with Gasteiger partial charge in [0.25, 0.3) is 10.0 Å². The highest BCUT2D eigenvalue weighted by atomic mass is 32.2. The van der Waals surface area contributed by atoms with Crippen LogP contribution in [0.5, 0.6) is 5.75 Å². The van der Waals surface area contributed by atoms with Crippen molar-refractivity contribution < 1.29 is 22.3 Å². The van der Waals surface area contributed by atoms with Gasteiger partial charge in [0.05, 0.1) is 12.6 Å².